The van der Waals surface area contributed by atoms with E-state index in [9.17, 15) is 22.8 Å². The summed E-state index contributed by atoms with van der Waals surface area (Å²) in [5, 5.41) is 5.99. The number of alkyl halides is 3. The molecule has 0 bridgehead atoms. The van der Waals surface area contributed by atoms with Crippen molar-refractivity contribution in [2.45, 2.75) is 58.2 Å². The summed E-state index contributed by atoms with van der Waals surface area (Å²) in [6, 6.07) is 4.58. The predicted molar refractivity (Wildman–Crippen MR) is 142 cm³/mol. The molecule has 39 heavy (non-hydrogen) atoms. The minimum atomic E-state index is -4.56. The van der Waals surface area contributed by atoms with Crippen LogP contribution < -0.4 is 10.6 Å². The molecule has 1 aliphatic heterocycles. The summed E-state index contributed by atoms with van der Waals surface area (Å²) < 4.78 is 41.8. The largest absolute Gasteiger partial charge is 0.433 e. The zero-order valence-electron chi connectivity index (χ0n) is 21.7. The van der Waals surface area contributed by atoms with Crippen molar-refractivity contribution in [2.75, 3.05) is 11.9 Å². The topological polar surface area (TPSA) is 101 Å². The van der Waals surface area contributed by atoms with Crippen molar-refractivity contribution in [3.8, 4) is 0 Å². The van der Waals surface area contributed by atoms with Gasteiger partial charge in [-0.15, -0.1) is 0 Å². The molecule has 204 valence electrons. The fourth-order valence-electron chi connectivity index (χ4n) is 5.30. The number of fused-ring (bicyclic) bond motifs is 1. The second kappa shape index (κ2) is 10.6. The number of Topliss-reactive ketones (excluding diaryl/α,β-unsaturated/α-hetero) is 1. The highest BCUT2D eigenvalue weighted by atomic mass is 19.4. The van der Waals surface area contributed by atoms with Gasteiger partial charge in [0.2, 0.25) is 0 Å². The number of benzene rings is 1. The van der Waals surface area contributed by atoms with Gasteiger partial charge in [0.15, 0.2) is 17.2 Å². The number of allylic oxidation sites excluding steroid dienone is 1. The lowest BCUT2D eigenvalue weighted by Gasteiger charge is -2.24. The number of imidazole rings is 1. The highest BCUT2D eigenvalue weighted by molar-refractivity contribution is 6.27. The standard InChI is InChI=1S/C28H29F3N6O2/c1-16-14-19(8-9-20(16)27(39)35-17(2)23(38)18-6-4-3-5-7-18)36-25-26-34-15-22(37(26)13-12-33-25)21-10-11-32-24(21)28(29,30)31/h8-10,12-15,17-18H,3-7,11H2,1-2H3,(H,33,36)(H,35,39)/t17-/m0/s1. The van der Waals surface area contributed by atoms with Gasteiger partial charge in [0.1, 0.15) is 5.71 Å². The van der Waals surface area contributed by atoms with Gasteiger partial charge >= 0.3 is 6.18 Å². The molecular weight excluding hydrogens is 509 g/mol. The highest BCUT2D eigenvalue weighted by Crippen LogP contribution is 2.32. The molecule has 1 aromatic carbocycles. The molecule has 8 nitrogen and oxygen atoms in total. The minimum Gasteiger partial charge on any atom is -0.342 e. The van der Waals surface area contributed by atoms with Crippen molar-refractivity contribution in [1.82, 2.24) is 19.7 Å². The number of aliphatic imine (C=N–C) groups is 1. The number of amides is 1. The van der Waals surface area contributed by atoms with E-state index in [-0.39, 0.29) is 35.4 Å². The predicted octanol–water partition coefficient (Wildman–Crippen LogP) is 5.45. The molecule has 3 aromatic rings. The van der Waals surface area contributed by atoms with Crippen LogP contribution in [0.1, 0.15) is 60.6 Å². The van der Waals surface area contributed by atoms with Crippen molar-refractivity contribution in [3.05, 3.63) is 59.7 Å². The number of nitrogens with one attached hydrogen (secondary N) is 2. The number of carbonyl (C=O) groups is 2. The van der Waals surface area contributed by atoms with Crippen LogP contribution in [-0.2, 0) is 4.79 Å². The number of hydrogen-bond acceptors (Lipinski definition) is 6. The number of rotatable bonds is 7. The Labute approximate surface area is 223 Å². The van der Waals surface area contributed by atoms with Crippen LogP contribution >= 0.6 is 0 Å². The van der Waals surface area contributed by atoms with Crippen LogP contribution in [0.25, 0.3) is 11.2 Å². The van der Waals surface area contributed by atoms with Crippen LogP contribution in [0.15, 0.2) is 47.9 Å². The summed E-state index contributed by atoms with van der Waals surface area (Å²) >= 11 is 0. The van der Waals surface area contributed by atoms with E-state index in [1.54, 1.807) is 38.2 Å². The molecule has 1 fully saturated rings. The van der Waals surface area contributed by atoms with Crippen molar-refractivity contribution in [2.24, 2.45) is 10.9 Å². The first-order chi connectivity index (χ1) is 18.6. The molecule has 1 amide bonds. The van der Waals surface area contributed by atoms with E-state index in [2.05, 4.69) is 25.6 Å². The van der Waals surface area contributed by atoms with Crippen LogP contribution in [-0.4, -0.2) is 50.5 Å². The van der Waals surface area contributed by atoms with Gasteiger partial charge in [-0.2, -0.15) is 13.2 Å². The molecule has 11 heteroatoms. The summed E-state index contributed by atoms with van der Waals surface area (Å²) in [5.41, 5.74) is 1.43. The second-order valence-electron chi connectivity index (χ2n) is 10.0. The first kappa shape index (κ1) is 26.6. The first-order valence-corrected chi connectivity index (χ1v) is 13.0. The molecule has 0 spiro atoms. The molecule has 0 unspecified atom stereocenters. The fourth-order valence-corrected chi connectivity index (χ4v) is 5.30. The number of nitrogens with zero attached hydrogens (tertiary/aromatic N) is 4. The maximum atomic E-state index is 13.4. The summed E-state index contributed by atoms with van der Waals surface area (Å²) in [5.74, 6) is 0.119. The Morgan fingerprint density at radius 1 is 1.13 bits per heavy atom. The Morgan fingerprint density at radius 2 is 1.90 bits per heavy atom. The van der Waals surface area contributed by atoms with E-state index < -0.39 is 17.9 Å². The molecule has 0 radical (unpaired) electrons. The summed E-state index contributed by atoms with van der Waals surface area (Å²) in [7, 11) is 0. The fraction of sp³-hybridized carbons (Fsp3) is 0.393. The molecule has 3 heterocycles. The molecule has 0 saturated heterocycles. The van der Waals surface area contributed by atoms with Gasteiger partial charge in [0, 0.05) is 35.1 Å². The Morgan fingerprint density at radius 3 is 2.62 bits per heavy atom. The first-order valence-electron chi connectivity index (χ1n) is 13.0. The van der Waals surface area contributed by atoms with Crippen LogP contribution in [0.3, 0.4) is 0 Å². The normalized spacial score (nSPS) is 17.1. The monoisotopic (exact) mass is 538 g/mol. The van der Waals surface area contributed by atoms with Crippen LogP contribution in [0, 0.1) is 12.8 Å². The maximum absolute atomic E-state index is 13.4. The number of aromatic nitrogens is 3. The van der Waals surface area contributed by atoms with Crippen molar-refractivity contribution >= 4 is 40.1 Å². The molecule has 1 saturated carbocycles. The van der Waals surface area contributed by atoms with Gasteiger partial charge in [-0.25, -0.2) is 9.97 Å². The van der Waals surface area contributed by atoms with Gasteiger partial charge in [0.25, 0.3) is 5.91 Å². The number of ketones is 1. The Bertz CT molecular complexity index is 1480. The van der Waals surface area contributed by atoms with Crippen LogP contribution in [0.4, 0.5) is 24.7 Å². The summed E-state index contributed by atoms with van der Waals surface area (Å²) in [6.07, 6.45) is 6.27. The van der Waals surface area contributed by atoms with Gasteiger partial charge in [-0.3, -0.25) is 19.0 Å². The quantitative estimate of drug-likeness (QED) is 0.417. The SMILES string of the molecule is Cc1cc(Nc2nccn3c(C4=CCN=C4C(F)(F)F)cnc23)ccc1C(=O)N[C@@H](C)C(=O)C1CCCCC1. The molecule has 2 aliphatic rings. The molecule has 1 atom stereocenters. The third kappa shape index (κ3) is 5.43. The van der Waals surface area contributed by atoms with E-state index in [1.807, 2.05) is 0 Å². The molecule has 2 aromatic heterocycles. The third-order valence-electron chi connectivity index (χ3n) is 7.29. The number of carbonyl (C=O) groups excluding carboxylic acids is 2. The Hall–Kier alpha value is -4.02. The molecular formula is C28H29F3N6O2. The Balaban J connectivity index is 1.31. The van der Waals surface area contributed by atoms with Gasteiger partial charge in [-0.1, -0.05) is 25.3 Å². The van der Waals surface area contributed by atoms with Gasteiger partial charge in [-0.05, 0) is 50.5 Å². The Kier molecular flexibility index (Phi) is 7.24. The summed E-state index contributed by atoms with van der Waals surface area (Å²) in [6.45, 7) is 3.48. The maximum Gasteiger partial charge on any atom is 0.433 e. The average Bonchev–Trinajstić information content (AvgIpc) is 3.56. The van der Waals surface area contributed by atoms with Crippen LogP contribution in [0.5, 0.6) is 0 Å². The van der Waals surface area contributed by atoms with Crippen molar-refractivity contribution in [3.63, 3.8) is 0 Å². The smallest absolute Gasteiger partial charge is 0.342 e. The van der Waals surface area contributed by atoms with E-state index in [4.69, 9.17) is 0 Å². The lowest BCUT2D eigenvalue weighted by atomic mass is 9.84. The lowest BCUT2D eigenvalue weighted by molar-refractivity contribution is -0.125. The van der Waals surface area contributed by atoms with E-state index in [1.165, 1.54) is 22.9 Å². The highest BCUT2D eigenvalue weighted by Gasteiger charge is 2.40. The number of halogens is 3. The number of hydrogen-bond donors (Lipinski definition) is 2. The summed E-state index contributed by atoms with van der Waals surface area (Å²) in [4.78, 5) is 37.9. The minimum absolute atomic E-state index is 0.0115. The van der Waals surface area contributed by atoms with E-state index in [0.717, 1.165) is 32.1 Å². The van der Waals surface area contributed by atoms with Crippen molar-refractivity contribution < 1.29 is 22.8 Å². The third-order valence-corrected chi connectivity index (χ3v) is 7.29. The van der Waals surface area contributed by atoms with E-state index >= 15 is 0 Å². The zero-order chi connectivity index (χ0) is 27.7. The zero-order valence-corrected chi connectivity index (χ0v) is 21.7. The molecule has 2 N–H and O–H groups in total. The van der Waals surface area contributed by atoms with Crippen LogP contribution in [0.2, 0.25) is 0 Å². The second-order valence-corrected chi connectivity index (χ2v) is 10.0. The average molecular weight is 539 g/mol. The lowest BCUT2D eigenvalue weighted by Crippen LogP contribution is -2.42. The van der Waals surface area contributed by atoms with Gasteiger partial charge in [0.05, 0.1) is 24.5 Å². The molecule has 5 rings (SSSR count). The number of anilines is 2. The van der Waals surface area contributed by atoms with E-state index in [0.29, 0.717) is 28.3 Å². The van der Waals surface area contributed by atoms with Crippen molar-refractivity contribution in [1.29, 1.82) is 0 Å². The van der Waals surface area contributed by atoms with Gasteiger partial charge < -0.3 is 10.6 Å². The molecule has 1 aliphatic carbocycles. The number of aryl methyl sites for hydroxylation is 1.